The number of hydrogen-bond acceptors (Lipinski definition) is 4. The first kappa shape index (κ1) is 26.5. The van der Waals surface area contributed by atoms with E-state index in [1.54, 1.807) is 23.2 Å². The molecule has 1 amide bonds. The zero-order valence-electron chi connectivity index (χ0n) is 19.6. The summed E-state index contributed by atoms with van der Waals surface area (Å²) in [7, 11) is 6.26. The van der Waals surface area contributed by atoms with Crippen molar-refractivity contribution < 1.29 is 23.1 Å². The van der Waals surface area contributed by atoms with Crippen LogP contribution < -0.4 is 5.32 Å². The predicted molar refractivity (Wildman–Crippen MR) is 158 cm³/mol. The molecule has 3 aliphatic rings. The topological polar surface area (TPSA) is 64.9 Å². The van der Waals surface area contributed by atoms with Crippen molar-refractivity contribution in [1.82, 2.24) is 10.2 Å². The number of alkyl halides is 3. The van der Waals surface area contributed by atoms with Gasteiger partial charge in [0.25, 0.3) is 0 Å². The second-order valence-corrected chi connectivity index (χ2v) is 18.0. The SMILES string of the molecule is [B]C1=C2I=C(c3ccccc3O)C=C(NCC3CCN(C(=O)c4cccc(C(F)(F)F)c4)CC3)I2N=C1. The van der Waals surface area contributed by atoms with Crippen LogP contribution in [-0.2, 0) is 6.18 Å². The number of para-hydroxylation sites is 1. The normalized spacial score (nSPS) is 19.2. The zero-order valence-corrected chi connectivity index (χ0v) is 23.9. The van der Waals surface area contributed by atoms with Gasteiger partial charge in [0.05, 0.1) is 0 Å². The van der Waals surface area contributed by atoms with E-state index in [1.165, 1.54) is 13.7 Å². The van der Waals surface area contributed by atoms with E-state index >= 15 is 0 Å². The summed E-state index contributed by atoms with van der Waals surface area (Å²) in [6.07, 6.45) is 0.973. The Morgan fingerprint density at radius 1 is 1.19 bits per heavy atom. The Morgan fingerprint density at radius 3 is 2.68 bits per heavy atom. The molecule has 1 saturated heterocycles. The Kier molecular flexibility index (Phi) is 7.80. The van der Waals surface area contributed by atoms with E-state index in [4.69, 9.17) is 11.1 Å². The Hall–Kier alpha value is -2.16. The number of hydrogen-bond donors (Lipinski definition) is 2. The molecule has 0 aromatic heterocycles. The molecule has 3 heterocycles. The number of phenolic OH excluding ortho intramolecular Hbond substituents is 1. The van der Waals surface area contributed by atoms with E-state index in [-0.39, 0.29) is 17.2 Å². The molecule has 0 saturated carbocycles. The average molecular weight is 731 g/mol. The number of aromatic hydroxyl groups is 1. The number of amides is 1. The number of allylic oxidation sites excluding steroid dienone is 2. The van der Waals surface area contributed by atoms with Gasteiger partial charge in [0.2, 0.25) is 0 Å². The summed E-state index contributed by atoms with van der Waals surface area (Å²) in [5, 5.41) is 14.0. The van der Waals surface area contributed by atoms with E-state index in [9.17, 15) is 23.1 Å². The van der Waals surface area contributed by atoms with E-state index in [2.05, 4.69) is 11.4 Å². The summed E-state index contributed by atoms with van der Waals surface area (Å²) in [4.78, 5) is 14.5. The van der Waals surface area contributed by atoms with Gasteiger partial charge in [0, 0.05) is 0 Å². The number of benzene rings is 2. The third-order valence-electron chi connectivity index (χ3n) is 6.35. The molecule has 5 rings (SSSR count). The van der Waals surface area contributed by atoms with Gasteiger partial charge in [-0.1, -0.05) is 0 Å². The third kappa shape index (κ3) is 5.81. The fourth-order valence-electron chi connectivity index (χ4n) is 4.32. The summed E-state index contributed by atoms with van der Waals surface area (Å²) >= 11 is -2.45. The van der Waals surface area contributed by atoms with Gasteiger partial charge in [-0.3, -0.25) is 0 Å². The molecule has 192 valence electrons. The van der Waals surface area contributed by atoms with Crippen LogP contribution in [-0.4, -0.2) is 53.1 Å². The van der Waals surface area contributed by atoms with Crippen molar-refractivity contribution >= 4 is 64.3 Å². The molecule has 2 N–H and O–H groups in total. The van der Waals surface area contributed by atoms with Crippen LogP contribution in [0.15, 0.2) is 68.6 Å². The minimum absolute atomic E-state index is 0.0667. The Morgan fingerprint density at radius 2 is 1.95 bits per heavy atom. The monoisotopic (exact) mass is 731 g/mol. The van der Waals surface area contributed by atoms with Crippen molar-refractivity contribution in [3.8, 4) is 5.75 Å². The first-order valence-corrected chi connectivity index (χ1v) is 16.9. The second-order valence-electron chi connectivity index (χ2n) is 8.85. The first-order valence-electron chi connectivity index (χ1n) is 11.7. The summed E-state index contributed by atoms with van der Waals surface area (Å²) in [6.45, 7) is 1.72. The van der Waals surface area contributed by atoms with Gasteiger partial charge < -0.3 is 0 Å². The molecule has 5 nitrogen and oxygen atoms in total. The number of likely N-dealkylation sites (tertiary alicyclic amines) is 1. The number of rotatable bonds is 5. The molecule has 2 radical (unpaired) electrons. The summed E-state index contributed by atoms with van der Waals surface area (Å²) in [5.41, 5.74) is 0.851. The van der Waals surface area contributed by atoms with E-state index < -0.39 is 52.6 Å². The Labute approximate surface area is 231 Å². The molecule has 2 aromatic carbocycles. The number of carbonyl (C=O) groups is 1. The summed E-state index contributed by atoms with van der Waals surface area (Å²) in [5.74, 6) is 0.215. The summed E-state index contributed by atoms with van der Waals surface area (Å²) in [6, 6.07) is 11.9. The molecule has 0 atom stereocenters. The van der Waals surface area contributed by atoms with Crippen LogP contribution in [0, 0.1) is 5.92 Å². The van der Waals surface area contributed by atoms with Crippen molar-refractivity contribution in [2.75, 3.05) is 19.6 Å². The molecule has 11 heteroatoms. The molecule has 0 spiro atoms. The second kappa shape index (κ2) is 10.9. The van der Waals surface area contributed by atoms with Crippen LogP contribution in [0.3, 0.4) is 0 Å². The van der Waals surface area contributed by atoms with Crippen molar-refractivity contribution in [1.29, 1.82) is 0 Å². The molecule has 1 fully saturated rings. The van der Waals surface area contributed by atoms with Gasteiger partial charge in [0.1, 0.15) is 0 Å². The van der Waals surface area contributed by atoms with Gasteiger partial charge in [-0.15, -0.1) is 0 Å². The molecule has 37 heavy (non-hydrogen) atoms. The van der Waals surface area contributed by atoms with Crippen LogP contribution in [0.4, 0.5) is 13.2 Å². The van der Waals surface area contributed by atoms with Crippen LogP contribution >= 0.6 is 40.8 Å². The quantitative estimate of drug-likeness (QED) is 0.235. The van der Waals surface area contributed by atoms with Crippen LogP contribution in [0.25, 0.3) is 0 Å². The Balaban J connectivity index is 1.23. The number of nitrogens with zero attached hydrogens (tertiary/aromatic N) is 2. The first-order chi connectivity index (χ1) is 17.7. The van der Waals surface area contributed by atoms with Gasteiger partial charge in [-0.2, -0.15) is 13.2 Å². The minimum atomic E-state index is -4.48. The molecule has 0 unspecified atom stereocenters. The Bertz CT molecular complexity index is 1350. The van der Waals surface area contributed by atoms with Gasteiger partial charge in [-0.25, -0.2) is 0 Å². The fraction of sp³-hybridized carbons (Fsp3) is 0.269. The standard InChI is InChI=1S/C26H23BF3I2N3O2/c27-20-15-34-32-23(13-21(31-24(20)32)19-6-1-2-7-22(19)36)33-14-16-8-10-35(11-9-16)25(37)17-4-3-5-18(12-17)26(28,29)30/h1-7,12-13,15-16,33,36H,8-11,14H2. The molecule has 3 aliphatic heterocycles. The number of carbonyl (C=O) groups excluding carboxylic acids is 1. The van der Waals surface area contributed by atoms with Crippen LogP contribution in [0.2, 0.25) is 0 Å². The number of phenols is 1. The van der Waals surface area contributed by atoms with Gasteiger partial charge in [-0.05, 0) is 0 Å². The molecular weight excluding hydrogens is 708 g/mol. The maximum absolute atomic E-state index is 13.0. The fourth-order valence-corrected chi connectivity index (χ4v) is 15.8. The van der Waals surface area contributed by atoms with Crippen molar-refractivity contribution in [2.24, 2.45) is 9.12 Å². The zero-order chi connectivity index (χ0) is 26.2. The van der Waals surface area contributed by atoms with Crippen LogP contribution in [0.5, 0.6) is 5.75 Å². The average Bonchev–Trinajstić information content (AvgIpc) is 3.27. The van der Waals surface area contributed by atoms with Crippen molar-refractivity contribution in [3.05, 3.63) is 82.1 Å². The number of fused-ring (bicyclic) bond motifs is 1. The van der Waals surface area contributed by atoms with Crippen molar-refractivity contribution in [2.45, 2.75) is 19.0 Å². The molecule has 0 bridgehead atoms. The number of nitrogens with one attached hydrogen (secondary N) is 1. The van der Waals surface area contributed by atoms with E-state index in [1.807, 2.05) is 12.1 Å². The van der Waals surface area contributed by atoms with Gasteiger partial charge in [0.15, 0.2) is 0 Å². The molecule has 2 aromatic rings. The maximum atomic E-state index is 13.0. The molecule has 0 aliphatic carbocycles. The van der Waals surface area contributed by atoms with E-state index in [0.29, 0.717) is 19.0 Å². The predicted octanol–water partition coefficient (Wildman–Crippen LogP) is 5.74. The summed E-state index contributed by atoms with van der Waals surface area (Å²) < 4.78 is 47.4. The third-order valence-corrected chi connectivity index (χ3v) is 17.0. The van der Waals surface area contributed by atoms with Crippen molar-refractivity contribution in [3.63, 3.8) is 0 Å². The number of piperidine rings is 1. The number of halogens is 5. The van der Waals surface area contributed by atoms with Gasteiger partial charge >= 0.3 is 220 Å². The van der Waals surface area contributed by atoms with E-state index in [0.717, 1.165) is 49.8 Å². The van der Waals surface area contributed by atoms with Crippen LogP contribution in [0.1, 0.15) is 34.3 Å². The molecular formula is C26H23BF3I2N3O2.